The molecule has 11 heteroatoms. The summed E-state index contributed by atoms with van der Waals surface area (Å²) in [4.78, 5) is 35.4. The molecule has 2 aromatic carbocycles. The van der Waals surface area contributed by atoms with Gasteiger partial charge in [-0.25, -0.2) is 15.0 Å². The number of likely N-dealkylation sites (N-methyl/N-ethyl adjacent to an activating group) is 1. The standard InChI is InChI=1S/C28H31N9OS/c1-35-10-12-36(13-11-35)24-16-23-22(15-20(24)26(38)31-18-6-7-21-25(14-18)39-17-30-21)32-27(33-23)34-28-29-8-9-37(28)19-4-2-3-5-19/h6-9,14-17,19H,2-5,10-13H2,1H3,(H,31,38)(H2,29,32,33,34). The molecule has 0 spiro atoms. The average Bonchev–Trinajstić information content (AvgIpc) is 3.75. The molecule has 0 radical (unpaired) electrons. The summed E-state index contributed by atoms with van der Waals surface area (Å²) in [5, 5.41) is 6.50. The molecule has 3 aromatic heterocycles. The number of aromatic nitrogens is 5. The minimum absolute atomic E-state index is 0.149. The molecule has 10 nitrogen and oxygen atoms in total. The Morgan fingerprint density at radius 2 is 1.90 bits per heavy atom. The van der Waals surface area contributed by atoms with Crippen LogP contribution in [0.15, 0.2) is 48.2 Å². The van der Waals surface area contributed by atoms with E-state index >= 15 is 0 Å². The predicted octanol–water partition coefficient (Wildman–Crippen LogP) is 5.23. The first kappa shape index (κ1) is 24.1. The second-order valence-corrected chi connectivity index (χ2v) is 11.4. The first-order valence-corrected chi connectivity index (χ1v) is 14.4. The number of H-pyrrole nitrogens is 1. The Hall–Kier alpha value is -3.96. The second-order valence-electron chi connectivity index (χ2n) is 10.5. The van der Waals surface area contributed by atoms with Gasteiger partial charge in [0, 0.05) is 50.3 Å². The smallest absolute Gasteiger partial charge is 0.257 e. The Bertz CT molecular complexity index is 1640. The lowest BCUT2D eigenvalue weighted by atomic mass is 10.1. The largest absolute Gasteiger partial charge is 0.368 e. The summed E-state index contributed by atoms with van der Waals surface area (Å²) in [5.74, 6) is 1.26. The van der Waals surface area contributed by atoms with E-state index < -0.39 is 0 Å². The van der Waals surface area contributed by atoms with Gasteiger partial charge >= 0.3 is 0 Å². The lowest BCUT2D eigenvalue weighted by molar-refractivity contribution is 0.102. The van der Waals surface area contributed by atoms with Crippen LogP contribution in [0.5, 0.6) is 0 Å². The zero-order valence-electron chi connectivity index (χ0n) is 21.9. The topological polar surface area (TPSA) is 107 Å². The predicted molar refractivity (Wildman–Crippen MR) is 156 cm³/mol. The highest BCUT2D eigenvalue weighted by molar-refractivity contribution is 7.16. The van der Waals surface area contributed by atoms with Crippen molar-refractivity contribution in [1.29, 1.82) is 0 Å². The number of nitrogens with zero attached hydrogens (tertiary/aromatic N) is 6. The van der Waals surface area contributed by atoms with Crippen molar-refractivity contribution in [3.05, 3.63) is 53.8 Å². The number of thiazole rings is 1. The average molecular weight is 542 g/mol. The van der Waals surface area contributed by atoms with Gasteiger partial charge in [0.05, 0.1) is 38.0 Å². The Morgan fingerprint density at radius 1 is 1.05 bits per heavy atom. The highest BCUT2D eigenvalue weighted by Gasteiger charge is 2.24. The van der Waals surface area contributed by atoms with Crippen LogP contribution in [-0.4, -0.2) is 68.5 Å². The third-order valence-electron chi connectivity index (χ3n) is 7.89. The van der Waals surface area contributed by atoms with Crippen molar-refractivity contribution in [3.8, 4) is 0 Å². The number of rotatable bonds is 6. The SMILES string of the molecule is CN1CCN(c2cc3[nH]c(Nc4nccn4C4CCCC4)nc3cc2C(=O)Nc2ccc3ncsc3c2)CC1. The number of amides is 1. The zero-order chi connectivity index (χ0) is 26.3. The van der Waals surface area contributed by atoms with Gasteiger partial charge in [0.2, 0.25) is 11.9 Å². The molecule has 39 heavy (non-hydrogen) atoms. The van der Waals surface area contributed by atoms with Gasteiger partial charge in [-0.2, -0.15) is 0 Å². The van der Waals surface area contributed by atoms with Crippen LogP contribution in [-0.2, 0) is 0 Å². The molecule has 0 atom stereocenters. The highest BCUT2D eigenvalue weighted by atomic mass is 32.1. The molecular formula is C28H31N9OS. The highest BCUT2D eigenvalue weighted by Crippen LogP contribution is 2.33. The summed E-state index contributed by atoms with van der Waals surface area (Å²) >= 11 is 1.56. The molecule has 1 saturated heterocycles. The van der Waals surface area contributed by atoms with Crippen LogP contribution in [0.1, 0.15) is 42.1 Å². The summed E-state index contributed by atoms with van der Waals surface area (Å²) in [6.07, 6.45) is 8.73. The van der Waals surface area contributed by atoms with E-state index in [1.54, 1.807) is 11.3 Å². The zero-order valence-corrected chi connectivity index (χ0v) is 22.7. The van der Waals surface area contributed by atoms with Gasteiger partial charge < -0.3 is 24.7 Å². The maximum Gasteiger partial charge on any atom is 0.257 e. The van der Waals surface area contributed by atoms with Gasteiger partial charge in [0.1, 0.15) is 0 Å². The van der Waals surface area contributed by atoms with Crippen molar-refractivity contribution >= 4 is 61.8 Å². The first-order chi connectivity index (χ1) is 19.1. The molecular weight excluding hydrogens is 510 g/mol. The van der Waals surface area contributed by atoms with E-state index in [4.69, 9.17) is 4.98 Å². The minimum atomic E-state index is -0.149. The quantitative estimate of drug-likeness (QED) is 0.270. The van der Waals surface area contributed by atoms with Crippen molar-refractivity contribution in [2.75, 3.05) is 48.8 Å². The molecule has 5 aromatic rings. The Morgan fingerprint density at radius 3 is 2.74 bits per heavy atom. The molecule has 2 fully saturated rings. The number of nitrogens with one attached hydrogen (secondary N) is 3. The molecule has 2 aliphatic rings. The molecule has 0 bridgehead atoms. The molecule has 1 saturated carbocycles. The summed E-state index contributed by atoms with van der Waals surface area (Å²) in [7, 11) is 2.13. The maximum absolute atomic E-state index is 13.7. The number of hydrogen-bond donors (Lipinski definition) is 3. The summed E-state index contributed by atoms with van der Waals surface area (Å²) in [5.41, 5.74) is 6.65. The number of anilines is 4. The van der Waals surface area contributed by atoms with Crippen LogP contribution in [0.2, 0.25) is 0 Å². The van der Waals surface area contributed by atoms with E-state index in [1.165, 1.54) is 25.7 Å². The number of imidazole rings is 2. The Kier molecular flexibility index (Phi) is 6.16. The third-order valence-corrected chi connectivity index (χ3v) is 8.69. The van der Waals surface area contributed by atoms with E-state index in [2.05, 4.69) is 53.1 Å². The number of fused-ring (bicyclic) bond motifs is 2. The first-order valence-electron chi connectivity index (χ1n) is 13.5. The summed E-state index contributed by atoms with van der Waals surface area (Å²) < 4.78 is 3.26. The van der Waals surface area contributed by atoms with E-state index in [-0.39, 0.29) is 5.91 Å². The van der Waals surface area contributed by atoms with Crippen LogP contribution < -0.4 is 15.5 Å². The molecule has 200 valence electrons. The molecule has 1 aliphatic heterocycles. The third kappa shape index (κ3) is 4.72. The fraction of sp³-hybridized carbons (Fsp3) is 0.357. The second kappa shape index (κ2) is 9.97. The van der Waals surface area contributed by atoms with E-state index in [0.29, 0.717) is 17.6 Å². The normalized spacial score (nSPS) is 16.9. The monoisotopic (exact) mass is 541 g/mol. The van der Waals surface area contributed by atoms with Crippen molar-refractivity contribution < 1.29 is 4.79 Å². The van der Waals surface area contributed by atoms with Gasteiger partial charge in [-0.3, -0.25) is 10.1 Å². The van der Waals surface area contributed by atoms with Crippen LogP contribution in [0, 0.1) is 0 Å². The van der Waals surface area contributed by atoms with E-state index in [9.17, 15) is 4.79 Å². The van der Waals surface area contributed by atoms with Gasteiger partial charge in [-0.15, -0.1) is 11.3 Å². The number of carbonyl (C=O) groups excluding carboxylic acids is 1. The van der Waals surface area contributed by atoms with Crippen molar-refractivity contribution in [1.82, 2.24) is 29.4 Å². The lowest BCUT2D eigenvalue weighted by Crippen LogP contribution is -2.45. The number of hydrogen-bond acceptors (Lipinski definition) is 8. The van der Waals surface area contributed by atoms with Crippen LogP contribution in [0.3, 0.4) is 0 Å². The minimum Gasteiger partial charge on any atom is -0.368 e. The fourth-order valence-electron chi connectivity index (χ4n) is 5.72. The van der Waals surface area contributed by atoms with Crippen molar-refractivity contribution in [2.45, 2.75) is 31.7 Å². The number of benzene rings is 2. The number of carbonyl (C=O) groups is 1. The van der Waals surface area contributed by atoms with Crippen LogP contribution in [0.25, 0.3) is 21.3 Å². The summed E-state index contributed by atoms with van der Waals surface area (Å²) in [6.45, 7) is 3.60. The summed E-state index contributed by atoms with van der Waals surface area (Å²) in [6, 6.07) is 10.2. The van der Waals surface area contributed by atoms with Gasteiger partial charge in [-0.1, -0.05) is 12.8 Å². The Labute approximate surface area is 230 Å². The van der Waals surface area contributed by atoms with Crippen molar-refractivity contribution in [2.24, 2.45) is 0 Å². The lowest BCUT2D eigenvalue weighted by Gasteiger charge is -2.35. The van der Waals surface area contributed by atoms with Gasteiger partial charge in [0.25, 0.3) is 5.91 Å². The molecule has 3 N–H and O–H groups in total. The van der Waals surface area contributed by atoms with E-state index in [1.807, 2.05) is 42.2 Å². The Balaban J connectivity index is 1.22. The van der Waals surface area contributed by atoms with Crippen LogP contribution in [0.4, 0.5) is 23.3 Å². The maximum atomic E-state index is 13.7. The van der Waals surface area contributed by atoms with Crippen LogP contribution >= 0.6 is 11.3 Å². The van der Waals surface area contributed by atoms with Gasteiger partial charge in [0.15, 0.2) is 0 Å². The van der Waals surface area contributed by atoms with Crippen molar-refractivity contribution in [3.63, 3.8) is 0 Å². The number of piperazine rings is 1. The van der Waals surface area contributed by atoms with E-state index in [0.717, 1.165) is 64.8 Å². The van der Waals surface area contributed by atoms with Gasteiger partial charge in [-0.05, 0) is 50.2 Å². The molecule has 0 unspecified atom stereocenters. The molecule has 4 heterocycles. The molecule has 1 aliphatic carbocycles. The fourth-order valence-corrected chi connectivity index (χ4v) is 6.44. The number of aromatic amines is 1. The molecule has 7 rings (SSSR count). The molecule has 1 amide bonds.